The van der Waals surface area contributed by atoms with Gasteiger partial charge in [0.15, 0.2) is 5.82 Å². The molecule has 0 aliphatic carbocycles. The van der Waals surface area contributed by atoms with Crippen LogP contribution in [0, 0.1) is 6.92 Å². The van der Waals surface area contributed by atoms with E-state index in [1.54, 1.807) is 23.8 Å². The number of fused-ring (bicyclic) bond motifs is 1. The van der Waals surface area contributed by atoms with E-state index in [0.717, 1.165) is 15.9 Å². The molecule has 2 aromatic heterocycles. The van der Waals surface area contributed by atoms with Crippen LogP contribution in [0.25, 0.3) is 10.2 Å². The quantitative estimate of drug-likeness (QED) is 0.702. The van der Waals surface area contributed by atoms with Crippen molar-refractivity contribution < 1.29 is 4.52 Å². The van der Waals surface area contributed by atoms with Crippen LogP contribution in [-0.4, -0.2) is 15.1 Å². The Morgan fingerprint density at radius 1 is 1.44 bits per heavy atom. The van der Waals surface area contributed by atoms with Gasteiger partial charge < -0.3 is 15.6 Å². The third-order valence-corrected chi connectivity index (χ3v) is 3.34. The van der Waals surface area contributed by atoms with Crippen LogP contribution >= 0.6 is 11.3 Å². The van der Waals surface area contributed by atoms with Crippen molar-refractivity contribution >= 4 is 32.9 Å². The smallest absolute Gasteiger partial charge is 0.223 e. The van der Waals surface area contributed by atoms with Crippen LogP contribution < -0.4 is 11.1 Å². The van der Waals surface area contributed by atoms with Crippen molar-refractivity contribution in [1.82, 2.24) is 15.1 Å². The molecule has 0 saturated heterocycles. The number of benzene rings is 1. The van der Waals surface area contributed by atoms with Crippen LogP contribution in [0.3, 0.4) is 0 Å². The molecule has 0 amide bonds. The van der Waals surface area contributed by atoms with Crippen molar-refractivity contribution in [2.24, 2.45) is 0 Å². The Bertz CT molecular complexity index is 690. The van der Waals surface area contributed by atoms with E-state index in [-0.39, 0.29) is 0 Å². The standard InChI is InChI=1S/C11H11N5OS/c1-6-15-9(16-17-6)4-13-7-2-3-8-11(10(7)12)14-5-18-8/h2-3,5,13H,4,12H2,1H3. The zero-order valence-electron chi connectivity index (χ0n) is 9.67. The topological polar surface area (TPSA) is 89.9 Å². The highest BCUT2D eigenvalue weighted by Gasteiger charge is 2.08. The number of hydrogen-bond acceptors (Lipinski definition) is 7. The van der Waals surface area contributed by atoms with E-state index in [1.807, 2.05) is 12.1 Å². The number of rotatable bonds is 3. The van der Waals surface area contributed by atoms with Crippen LogP contribution in [0.4, 0.5) is 11.4 Å². The van der Waals surface area contributed by atoms with Gasteiger partial charge in [0.2, 0.25) is 5.89 Å². The van der Waals surface area contributed by atoms with Gasteiger partial charge in [-0.2, -0.15) is 4.98 Å². The largest absolute Gasteiger partial charge is 0.395 e. The molecule has 7 heteroatoms. The van der Waals surface area contributed by atoms with Gasteiger partial charge in [0, 0.05) is 6.92 Å². The fourth-order valence-corrected chi connectivity index (χ4v) is 2.39. The second-order valence-electron chi connectivity index (χ2n) is 3.81. The molecule has 0 atom stereocenters. The lowest BCUT2D eigenvalue weighted by Gasteiger charge is -2.07. The lowest BCUT2D eigenvalue weighted by molar-refractivity contribution is 0.388. The van der Waals surface area contributed by atoms with E-state index in [9.17, 15) is 0 Å². The molecule has 0 unspecified atom stereocenters. The normalized spacial score (nSPS) is 10.9. The minimum absolute atomic E-state index is 0.469. The molecular weight excluding hydrogens is 250 g/mol. The summed E-state index contributed by atoms with van der Waals surface area (Å²) in [6.07, 6.45) is 0. The number of nitrogens with zero attached hydrogens (tertiary/aromatic N) is 3. The lowest BCUT2D eigenvalue weighted by atomic mass is 10.2. The summed E-state index contributed by atoms with van der Waals surface area (Å²) >= 11 is 1.57. The maximum atomic E-state index is 6.05. The third-order valence-electron chi connectivity index (χ3n) is 2.55. The molecule has 0 fully saturated rings. The van der Waals surface area contributed by atoms with Crippen LogP contribution in [0.5, 0.6) is 0 Å². The number of thiazole rings is 1. The summed E-state index contributed by atoms with van der Waals surface area (Å²) in [7, 11) is 0. The number of nitrogens with two attached hydrogens (primary N) is 1. The first-order chi connectivity index (χ1) is 8.74. The van der Waals surface area contributed by atoms with E-state index in [4.69, 9.17) is 10.3 Å². The molecule has 0 spiro atoms. The summed E-state index contributed by atoms with van der Waals surface area (Å²) < 4.78 is 5.98. The van der Waals surface area contributed by atoms with Gasteiger partial charge in [-0.15, -0.1) is 11.3 Å². The van der Waals surface area contributed by atoms with Crippen LogP contribution in [0.2, 0.25) is 0 Å². The van der Waals surface area contributed by atoms with Gasteiger partial charge in [-0.3, -0.25) is 0 Å². The Labute approximate surface area is 107 Å². The van der Waals surface area contributed by atoms with Crippen LogP contribution in [0.1, 0.15) is 11.7 Å². The maximum Gasteiger partial charge on any atom is 0.223 e. The zero-order chi connectivity index (χ0) is 12.5. The molecule has 0 saturated carbocycles. The fourth-order valence-electron chi connectivity index (χ4n) is 1.69. The first-order valence-electron chi connectivity index (χ1n) is 5.39. The predicted octanol–water partition coefficient (Wildman–Crippen LogP) is 2.18. The number of aryl methyl sites for hydroxylation is 1. The van der Waals surface area contributed by atoms with Crippen molar-refractivity contribution in [3.05, 3.63) is 29.4 Å². The van der Waals surface area contributed by atoms with Crippen molar-refractivity contribution in [2.75, 3.05) is 11.1 Å². The van der Waals surface area contributed by atoms with Crippen LogP contribution in [-0.2, 0) is 6.54 Å². The summed E-state index contributed by atoms with van der Waals surface area (Å²) in [5, 5.41) is 6.99. The Morgan fingerprint density at radius 2 is 2.33 bits per heavy atom. The van der Waals surface area contributed by atoms with Gasteiger partial charge in [0.1, 0.15) is 5.52 Å². The Kier molecular flexibility index (Phi) is 2.60. The van der Waals surface area contributed by atoms with E-state index < -0.39 is 0 Å². The molecule has 1 aromatic carbocycles. The van der Waals surface area contributed by atoms with Gasteiger partial charge in [0.25, 0.3) is 0 Å². The zero-order valence-corrected chi connectivity index (χ0v) is 10.5. The SMILES string of the molecule is Cc1nc(CNc2ccc3scnc3c2N)no1. The minimum atomic E-state index is 0.469. The molecule has 0 bridgehead atoms. The lowest BCUT2D eigenvalue weighted by Crippen LogP contribution is -2.04. The fraction of sp³-hybridized carbons (Fsp3) is 0.182. The summed E-state index contributed by atoms with van der Waals surface area (Å²) in [5.74, 6) is 1.15. The molecule has 2 heterocycles. The average molecular weight is 261 g/mol. The number of hydrogen-bond donors (Lipinski definition) is 2. The highest BCUT2D eigenvalue weighted by molar-refractivity contribution is 7.16. The highest BCUT2D eigenvalue weighted by Crippen LogP contribution is 2.30. The highest BCUT2D eigenvalue weighted by atomic mass is 32.1. The maximum absolute atomic E-state index is 6.05. The summed E-state index contributed by atoms with van der Waals surface area (Å²) in [6.45, 7) is 2.23. The monoisotopic (exact) mass is 261 g/mol. The minimum Gasteiger partial charge on any atom is -0.395 e. The molecule has 18 heavy (non-hydrogen) atoms. The summed E-state index contributed by atoms with van der Waals surface area (Å²) in [5.41, 5.74) is 10.1. The molecule has 6 nitrogen and oxygen atoms in total. The van der Waals surface area contributed by atoms with Gasteiger partial charge in [-0.05, 0) is 12.1 Å². The molecule has 3 N–H and O–H groups in total. The van der Waals surface area contributed by atoms with E-state index in [1.165, 1.54) is 0 Å². The van der Waals surface area contributed by atoms with Gasteiger partial charge in [0.05, 0.1) is 28.1 Å². The van der Waals surface area contributed by atoms with Crippen molar-refractivity contribution in [1.29, 1.82) is 0 Å². The molecule has 3 rings (SSSR count). The summed E-state index contributed by atoms with van der Waals surface area (Å²) in [6, 6.07) is 3.93. The van der Waals surface area contributed by atoms with Gasteiger partial charge in [-0.25, -0.2) is 4.98 Å². The van der Waals surface area contributed by atoms with E-state index in [2.05, 4.69) is 20.4 Å². The molecule has 92 valence electrons. The second kappa shape index (κ2) is 4.26. The Morgan fingerprint density at radius 3 is 3.11 bits per heavy atom. The Hall–Kier alpha value is -2.15. The first-order valence-corrected chi connectivity index (χ1v) is 6.27. The second-order valence-corrected chi connectivity index (χ2v) is 4.70. The van der Waals surface area contributed by atoms with Crippen molar-refractivity contribution in [3.8, 4) is 0 Å². The number of nitrogen functional groups attached to an aromatic ring is 1. The molecule has 0 aliphatic heterocycles. The van der Waals surface area contributed by atoms with Gasteiger partial charge in [-0.1, -0.05) is 5.16 Å². The Balaban J connectivity index is 1.84. The summed E-state index contributed by atoms with van der Waals surface area (Å²) in [4.78, 5) is 8.35. The van der Waals surface area contributed by atoms with E-state index in [0.29, 0.717) is 23.9 Å². The van der Waals surface area contributed by atoms with Crippen LogP contribution in [0.15, 0.2) is 22.2 Å². The number of nitrogens with one attached hydrogen (secondary N) is 1. The van der Waals surface area contributed by atoms with E-state index >= 15 is 0 Å². The number of aromatic nitrogens is 3. The van der Waals surface area contributed by atoms with Crippen molar-refractivity contribution in [3.63, 3.8) is 0 Å². The van der Waals surface area contributed by atoms with Gasteiger partial charge >= 0.3 is 0 Å². The molecule has 0 aliphatic rings. The average Bonchev–Trinajstić information content (AvgIpc) is 2.97. The third kappa shape index (κ3) is 1.88. The first kappa shape index (κ1) is 11.0. The van der Waals surface area contributed by atoms with Crippen molar-refractivity contribution in [2.45, 2.75) is 13.5 Å². The molecule has 3 aromatic rings. The molecular formula is C11H11N5OS. The number of anilines is 2. The molecule has 0 radical (unpaired) electrons. The predicted molar refractivity (Wildman–Crippen MR) is 70.4 cm³/mol.